The van der Waals surface area contributed by atoms with E-state index in [-0.39, 0.29) is 18.9 Å². The molecule has 0 aromatic carbocycles. The molecule has 0 amide bonds. The number of ether oxygens (including phenoxy) is 4. The fourth-order valence-corrected chi connectivity index (χ4v) is 5.50. The molecule has 0 spiro atoms. The second kappa shape index (κ2) is 26.6. The molecule has 4 unspecified atom stereocenters. The van der Waals surface area contributed by atoms with Crippen molar-refractivity contribution in [3.8, 4) is 0 Å². The van der Waals surface area contributed by atoms with Crippen molar-refractivity contribution in [2.45, 2.75) is 115 Å². The molecule has 0 fully saturated rings. The van der Waals surface area contributed by atoms with Gasteiger partial charge in [-0.15, -0.1) is 0 Å². The van der Waals surface area contributed by atoms with Crippen LogP contribution in [0, 0.1) is 11.8 Å². The standard InChI is InChI=1S/2C13H27O2.Cu.Li/c2*1-4-6-10-14-12-15-11-7-9-13(3)8-5-2;;/h2*5,13H,4,6-12H2,1-3H3;;. The maximum absolute atomic E-state index is 5.57. The second-order valence-electron chi connectivity index (χ2n) is 9.05. The summed E-state index contributed by atoms with van der Waals surface area (Å²) in [5, 5.41) is 0. The predicted molar refractivity (Wildman–Crippen MR) is 134 cm³/mol. The Morgan fingerprint density at radius 3 is 1.25 bits per heavy atom. The molecular formula is C26H54CuLiO4. The van der Waals surface area contributed by atoms with E-state index in [4.69, 9.17) is 18.9 Å². The summed E-state index contributed by atoms with van der Waals surface area (Å²) in [6, 6.07) is 0. The topological polar surface area (TPSA) is 36.9 Å². The Kier molecular flexibility index (Phi) is 29.1. The molecule has 0 rings (SSSR count). The van der Waals surface area contributed by atoms with Crippen LogP contribution in [0.25, 0.3) is 0 Å². The Balaban J connectivity index is 0. The van der Waals surface area contributed by atoms with E-state index in [0.717, 1.165) is 63.9 Å². The molecule has 32 heavy (non-hydrogen) atoms. The fraction of sp³-hybridized carbons (Fsp3) is 1.00. The van der Waals surface area contributed by atoms with E-state index in [1.807, 2.05) is 0 Å². The minimum absolute atomic E-state index is 0. The number of unbranched alkanes of at least 4 members (excludes halogenated alkanes) is 2. The van der Waals surface area contributed by atoms with Crippen LogP contribution in [0.1, 0.15) is 106 Å². The summed E-state index contributed by atoms with van der Waals surface area (Å²) < 4.78 is 22.0. The number of rotatable bonds is 24. The van der Waals surface area contributed by atoms with E-state index < -0.39 is 0 Å². The van der Waals surface area contributed by atoms with E-state index in [0.29, 0.717) is 23.2 Å². The number of hydrogen-bond donors (Lipinski definition) is 0. The first-order chi connectivity index (χ1) is 15.0. The van der Waals surface area contributed by atoms with Crippen LogP contribution in [0.3, 0.4) is 0 Å². The monoisotopic (exact) mass is 500 g/mol. The molecule has 194 valence electrons. The Morgan fingerprint density at radius 1 is 0.562 bits per heavy atom. The molecule has 6 heteroatoms. The fourth-order valence-electron chi connectivity index (χ4n) is 3.57. The molecule has 4 nitrogen and oxygen atoms in total. The van der Waals surface area contributed by atoms with Crippen LogP contribution >= 0.6 is 0 Å². The van der Waals surface area contributed by atoms with Crippen LogP contribution < -0.4 is 0 Å². The van der Waals surface area contributed by atoms with Crippen molar-refractivity contribution in [3.05, 3.63) is 0 Å². The molecule has 0 saturated carbocycles. The molecule has 4 atom stereocenters. The maximum atomic E-state index is 5.57. The minimum Gasteiger partial charge on any atom is -0.0653 e. The van der Waals surface area contributed by atoms with E-state index in [9.17, 15) is 0 Å². The van der Waals surface area contributed by atoms with Gasteiger partial charge in [-0.25, -0.2) is 0 Å². The first-order valence-corrected chi connectivity index (χ1v) is 13.9. The van der Waals surface area contributed by atoms with Crippen molar-refractivity contribution in [1.82, 2.24) is 0 Å². The number of hydrogen-bond acceptors (Lipinski definition) is 4. The SMILES string of the molecule is CCCCOCOCCCC(C)C[CH](C)[Cu][CH](C)CC(C)CCCOCOCCCC.[Li]. The second-order valence-corrected chi connectivity index (χ2v) is 11.2. The summed E-state index contributed by atoms with van der Waals surface area (Å²) in [4.78, 5) is 1.42. The van der Waals surface area contributed by atoms with Crippen LogP contribution in [0.5, 0.6) is 0 Å². The molecule has 0 bridgehead atoms. The summed E-state index contributed by atoms with van der Waals surface area (Å²) in [6.45, 7) is 18.1. The average Bonchev–Trinajstić information content (AvgIpc) is 2.71. The van der Waals surface area contributed by atoms with Crippen LogP contribution in [0.15, 0.2) is 0 Å². The minimum atomic E-state index is 0. The molecule has 0 saturated heterocycles. The van der Waals surface area contributed by atoms with Crippen LogP contribution in [-0.2, 0) is 33.9 Å². The quantitative estimate of drug-likeness (QED) is 0.0780. The molecular weight excluding hydrogens is 447 g/mol. The van der Waals surface area contributed by atoms with Crippen molar-refractivity contribution >= 4 is 18.9 Å². The van der Waals surface area contributed by atoms with E-state index in [2.05, 4.69) is 56.5 Å². The third-order valence-electron chi connectivity index (χ3n) is 5.35. The predicted octanol–water partition coefficient (Wildman–Crippen LogP) is 7.50. The van der Waals surface area contributed by atoms with Crippen LogP contribution in [-0.4, -0.2) is 58.9 Å². The Labute approximate surface area is 219 Å². The van der Waals surface area contributed by atoms with Gasteiger partial charge in [-0.2, -0.15) is 0 Å². The zero-order chi connectivity index (χ0) is 23.2. The van der Waals surface area contributed by atoms with E-state index >= 15 is 0 Å². The third-order valence-corrected chi connectivity index (χ3v) is 6.87. The summed E-state index contributed by atoms with van der Waals surface area (Å²) in [5.41, 5.74) is 0. The molecule has 0 aliphatic rings. The molecule has 0 heterocycles. The van der Waals surface area contributed by atoms with Crippen molar-refractivity contribution in [1.29, 1.82) is 0 Å². The van der Waals surface area contributed by atoms with Gasteiger partial charge >= 0.3 is 187 Å². The molecule has 0 aromatic rings. The molecule has 0 N–H and O–H groups in total. The zero-order valence-electron chi connectivity index (χ0n) is 22.6. The van der Waals surface area contributed by atoms with Gasteiger partial charge in [0.25, 0.3) is 0 Å². The zero-order valence-corrected chi connectivity index (χ0v) is 23.5. The first-order valence-electron chi connectivity index (χ1n) is 12.8. The average molecular weight is 501 g/mol. The molecule has 0 aromatic heterocycles. The Morgan fingerprint density at radius 2 is 0.906 bits per heavy atom. The smallest absolute Gasteiger partial charge is 0.0653 e. The van der Waals surface area contributed by atoms with E-state index in [1.54, 1.807) is 0 Å². The van der Waals surface area contributed by atoms with Gasteiger partial charge in [-0.3, -0.25) is 0 Å². The van der Waals surface area contributed by atoms with Crippen molar-refractivity contribution in [2.75, 3.05) is 40.0 Å². The molecule has 0 aliphatic heterocycles. The van der Waals surface area contributed by atoms with Gasteiger partial charge in [0, 0.05) is 18.9 Å². The van der Waals surface area contributed by atoms with Gasteiger partial charge in [0.15, 0.2) is 0 Å². The van der Waals surface area contributed by atoms with Crippen LogP contribution in [0.4, 0.5) is 0 Å². The van der Waals surface area contributed by atoms with E-state index in [1.165, 1.54) is 38.5 Å². The van der Waals surface area contributed by atoms with Crippen molar-refractivity contribution < 1.29 is 33.9 Å². The summed E-state index contributed by atoms with van der Waals surface area (Å²) >= 11 is 2.27. The van der Waals surface area contributed by atoms with Gasteiger partial charge in [0.05, 0.1) is 0 Å². The third kappa shape index (κ3) is 25.6. The summed E-state index contributed by atoms with van der Waals surface area (Å²) in [6.07, 6.45) is 11.9. The molecule has 0 aliphatic carbocycles. The Hall–Kier alpha value is 0.957. The van der Waals surface area contributed by atoms with Crippen LogP contribution in [0.2, 0.25) is 9.63 Å². The first kappa shape index (κ1) is 35.1. The van der Waals surface area contributed by atoms with Gasteiger partial charge in [0.1, 0.15) is 0 Å². The van der Waals surface area contributed by atoms with Gasteiger partial charge < -0.3 is 0 Å². The normalized spacial score (nSPS) is 15.3. The van der Waals surface area contributed by atoms with Crippen molar-refractivity contribution in [2.24, 2.45) is 11.8 Å². The summed E-state index contributed by atoms with van der Waals surface area (Å²) in [5.74, 6) is 1.51. The Bertz CT molecular complexity index is 331. The summed E-state index contributed by atoms with van der Waals surface area (Å²) in [7, 11) is 0. The van der Waals surface area contributed by atoms with Gasteiger partial charge in [0.2, 0.25) is 0 Å². The van der Waals surface area contributed by atoms with Gasteiger partial charge in [-0.1, -0.05) is 13.8 Å². The van der Waals surface area contributed by atoms with Gasteiger partial charge in [-0.05, 0) is 0 Å². The molecule has 1 radical (unpaired) electrons. The van der Waals surface area contributed by atoms with Crippen molar-refractivity contribution in [3.63, 3.8) is 0 Å².